The number of hydrogen-bond acceptors (Lipinski definition) is 6. The maximum absolute atomic E-state index is 13.0. The smallest absolute Gasteiger partial charge is 0.306 e. The van der Waals surface area contributed by atoms with Crippen LogP contribution in [0, 0.1) is 0 Å². The first kappa shape index (κ1) is 78.8. The third kappa shape index (κ3) is 67.6. The van der Waals surface area contributed by atoms with Crippen LogP contribution < -0.4 is 0 Å². The highest BCUT2D eigenvalue weighted by Crippen LogP contribution is 2.18. The lowest BCUT2D eigenvalue weighted by Crippen LogP contribution is -2.30. The summed E-state index contributed by atoms with van der Waals surface area (Å²) in [6.45, 7) is 6.55. The summed E-state index contributed by atoms with van der Waals surface area (Å²) < 4.78 is 17.0. The Kier molecular flexibility index (Phi) is 67.6. The topological polar surface area (TPSA) is 78.9 Å². The number of carbonyl (C=O) groups is 3. The van der Waals surface area contributed by atoms with Gasteiger partial charge in [0, 0.05) is 19.3 Å². The van der Waals surface area contributed by atoms with Gasteiger partial charge in [-0.3, -0.25) is 14.4 Å². The molecule has 476 valence electrons. The molecule has 0 aromatic carbocycles. The second-order valence-corrected chi connectivity index (χ2v) is 24.1. The van der Waals surface area contributed by atoms with Crippen LogP contribution in [0.15, 0.2) is 72.9 Å². The fourth-order valence-electron chi connectivity index (χ4n) is 10.6. The summed E-state index contributed by atoms with van der Waals surface area (Å²) in [7, 11) is 0. The van der Waals surface area contributed by atoms with E-state index in [1.807, 2.05) is 0 Å². The summed E-state index contributed by atoms with van der Waals surface area (Å²) >= 11 is 0. The van der Waals surface area contributed by atoms with Crippen LogP contribution in [0.2, 0.25) is 0 Å². The van der Waals surface area contributed by atoms with Crippen molar-refractivity contribution < 1.29 is 28.6 Å². The van der Waals surface area contributed by atoms with E-state index in [0.717, 1.165) is 103 Å². The van der Waals surface area contributed by atoms with Crippen LogP contribution in [0.4, 0.5) is 0 Å². The van der Waals surface area contributed by atoms with Gasteiger partial charge in [-0.05, 0) is 89.9 Å². The molecule has 0 spiro atoms. The maximum Gasteiger partial charge on any atom is 0.306 e. The number of rotatable bonds is 66. The average Bonchev–Trinajstić information content (AvgIpc) is 3.47. The van der Waals surface area contributed by atoms with Crippen molar-refractivity contribution in [3.63, 3.8) is 0 Å². The quantitative estimate of drug-likeness (QED) is 0.0261. The van der Waals surface area contributed by atoms with Crippen molar-refractivity contribution >= 4 is 17.9 Å². The van der Waals surface area contributed by atoms with Crippen LogP contribution in [0.3, 0.4) is 0 Å². The minimum Gasteiger partial charge on any atom is -0.462 e. The van der Waals surface area contributed by atoms with Crippen LogP contribution in [0.1, 0.15) is 374 Å². The van der Waals surface area contributed by atoms with E-state index in [0.29, 0.717) is 19.3 Å². The van der Waals surface area contributed by atoms with Crippen molar-refractivity contribution in [1.29, 1.82) is 0 Å². The van der Waals surface area contributed by atoms with Gasteiger partial charge >= 0.3 is 17.9 Å². The minimum absolute atomic E-state index is 0.0778. The lowest BCUT2D eigenvalue weighted by atomic mass is 10.0. The average molecular weight is 1150 g/mol. The molecule has 0 amide bonds. The van der Waals surface area contributed by atoms with Crippen molar-refractivity contribution in [1.82, 2.24) is 0 Å². The Bertz CT molecular complexity index is 1500. The second-order valence-electron chi connectivity index (χ2n) is 24.1. The molecule has 0 fully saturated rings. The summed E-state index contributed by atoms with van der Waals surface area (Å²) in [5.74, 6) is -0.871. The van der Waals surface area contributed by atoms with Crippen molar-refractivity contribution in [2.75, 3.05) is 13.2 Å². The third-order valence-corrected chi connectivity index (χ3v) is 15.9. The lowest BCUT2D eigenvalue weighted by Gasteiger charge is -2.18. The summed E-state index contributed by atoms with van der Waals surface area (Å²) in [5, 5.41) is 0. The van der Waals surface area contributed by atoms with Crippen LogP contribution in [0.5, 0.6) is 0 Å². The molecule has 0 aliphatic carbocycles. The Labute approximate surface area is 510 Å². The molecule has 0 heterocycles. The van der Waals surface area contributed by atoms with Gasteiger partial charge in [-0.25, -0.2) is 0 Å². The zero-order chi connectivity index (χ0) is 59.2. The van der Waals surface area contributed by atoms with Crippen molar-refractivity contribution in [2.45, 2.75) is 380 Å². The molecule has 82 heavy (non-hydrogen) atoms. The maximum atomic E-state index is 13.0. The third-order valence-electron chi connectivity index (χ3n) is 15.9. The Morgan fingerprint density at radius 3 is 0.768 bits per heavy atom. The first-order valence-corrected chi connectivity index (χ1v) is 35.9. The molecule has 0 aliphatic rings. The second kappa shape index (κ2) is 70.3. The van der Waals surface area contributed by atoms with Crippen LogP contribution in [0.25, 0.3) is 0 Å². The highest BCUT2D eigenvalue weighted by Gasteiger charge is 2.19. The molecule has 1 unspecified atom stereocenters. The number of ether oxygens (including phenoxy) is 3. The van der Waals surface area contributed by atoms with Crippen molar-refractivity contribution in [3.8, 4) is 0 Å². The van der Waals surface area contributed by atoms with E-state index >= 15 is 0 Å². The predicted molar refractivity (Wildman–Crippen MR) is 358 cm³/mol. The zero-order valence-electron chi connectivity index (χ0n) is 54.8. The fourth-order valence-corrected chi connectivity index (χ4v) is 10.6. The van der Waals surface area contributed by atoms with Crippen LogP contribution >= 0.6 is 0 Å². The van der Waals surface area contributed by atoms with E-state index in [2.05, 4.69) is 93.7 Å². The van der Waals surface area contributed by atoms with Crippen molar-refractivity contribution in [3.05, 3.63) is 72.9 Å². The zero-order valence-corrected chi connectivity index (χ0v) is 54.8. The Morgan fingerprint density at radius 1 is 0.256 bits per heavy atom. The van der Waals surface area contributed by atoms with Crippen LogP contribution in [-0.4, -0.2) is 37.2 Å². The fraction of sp³-hybridized carbons (Fsp3) is 0.803. The van der Waals surface area contributed by atoms with E-state index in [9.17, 15) is 14.4 Å². The molecule has 0 N–H and O–H groups in total. The largest absolute Gasteiger partial charge is 0.462 e. The molecule has 0 aromatic heterocycles. The summed E-state index contributed by atoms with van der Waals surface area (Å²) in [4.78, 5) is 38.5. The Balaban J connectivity index is 4.31. The normalized spacial score (nSPS) is 12.5. The number of esters is 3. The number of unbranched alkanes of at least 4 members (excludes halogenated alkanes) is 43. The standard InChI is InChI=1S/C76H136O6/c1-4-7-10-13-16-19-22-25-28-31-33-35-36-37-38-39-41-42-45-48-51-54-57-60-63-66-69-75(78)81-72-73(71-80-74(77)68-65-62-59-56-53-50-47-44-30-27-24-21-18-15-12-9-6-3)82-76(79)70-67-64-61-58-55-52-49-46-43-40-34-32-29-26-23-20-17-14-11-8-5-2/h8,11,17-18,20-21,26-27,29-30,34,40,73H,4-7,9-10,12-16,19,22-25,28,31-33,35-39,41-72H2,1-3H3/b11-8-,20-17-,21-18-,29-26-,30-27-,40-34-. The summed E-state index contributed by atoms with van der Waals surface area (Å²) in [6, 6.07) is 0. The van der Waals surface area contributed by atoms with Gasteiger partial charge in [-0.2, -0.15) is 0 Å². The SMILES string of the molecule is CC/C=C\C/C=C\C/C=C\C/C=C\CCCCCCCCCCC(=O)OC(COC(=O)CCCCCCCCC/C=C\C/C=C\CCCCC)COC(=O)CCCCCCCCCCCCCCCCCCCCCCCCCCCC. The molecule has 0 radical (unpaired) electrons. The number of hydrogen-bond donors (Lipinski definition) is 0. The first-order valence-electron chi connectivity index (χ1n) is 35.9. The first-order chi connectivity index (χ1) is 40.5. The molecule has 0 rings (SSSR count). The molecule has 0 saturated carbocycles. The molecule has 6 nitrogen and oxygen atoms in total. The van der Waals surface area contributed by atoms with E-state index in [4.69, 9.17) is 14.2 Å². The molecule has 6 heteroatoms. The van der Waals surface area contributed by atoms with E-state index < -0.39 is 6.10 Å². The Hall–Kier alpha value is -3.15. The highest BCUT2D eigenvalue weighted by atomic mass is 16.6. The van der Waals surface area contributed by atoms with Gasteiger partial charge in [0.2, 0.25) is 0 Å². The van der Waals surface area contributed by atoms with Gasteiger partial charge in [0.25, 0.3) is 0 Å². The molecule has 0 saturated heterocycles. The molecule has 0 bridgehead atoms. The van der Waals surface area contributed by atoms with Gasteiger partial charge < -0.3 is 14.2 Å². The minimum atomic E-state index is -0.784. The van der Waals surface area contributed by atoms with Gasteiger partial charge in [0.05, 0.1) is 0 Å². The molecular weight excluding hydrogens is 1010 g/mol. The molecule has 0 aliphatic heterocycles. The highest BCUT2D eigenvalue weighted by molar-refractivity contribution is 5.71. The predicted octanol–water partition coefficient (Wildman–Crippen LogP) is 24.8. The van der Waals surface area contributed by atoms with Gasteiger partial charge in [-0.1, -0.05) is 338 Å². The summed E-state index contributed by atoms with van der Waals surface area (Å²) in [6.07, 6.45) is 92.2. The van der Waals surface area contributed by atoms with E-state index in [1.54, 1.807) is 0 Å². The molecular formula is C76H136O6. The van der Waals surface area contributed by atoms with Gasteiger partial charge in [-0.15, -0.1) is 0 Å². The van der Waals surface area contributed by atoms with E-state index in [-0.39, 0.29) is 31.1 Å². The van der Waals surface area contributed by atoms with E-state index in [1.165, 1.54) is 231 Å². The number of allylic oxidation sites excluding steroid dienone is 12. The van der Waals surface area contributed by atoms with Crippen molar-refractivity contribution in [2.24, 2.45) is 0 Å². The van der Waals surface area contributed by atoms with Crippen LogP contribution in [-0.2, 0) is 28.6 Å². The Morgan fingerprint density at radius 2 is 0.476 bits per heavy atom. The summed E-state index contributed by atoms with van der Waals surface area (Å²) in [5.41, 5.74) is 0. The molecule has 1 atom stereocenters. The van der Waals surface area contributed by atoms with Gasteiger partial charge in [0.15, 0.2) is 6.10 Å². The lowest BCUT2D eigenvalue weighted by molar-refractivity contribution is -0.167. The van der Waals surface area contributed by atoms with Gasteiger partial charge in [0.1, 0.15) is 13.2 Å². The molecule has 0 aromatic rings. The monoisotopic (exact) mass is 1150 g/mol. The number of carbonyl (C=O) groups excluding carboxylic acids is 3.